The number of benzene rings is 3. The monoisotopic (exact) mass is 462 g/mol. The lowest BCUT2D eigenvalue weighted by molar-refractivity contribution is -0.124. The van der Waals surface area contributed by atoms with Gasteiger partial charge in [-0.3, -0.25) is 24.7 Å². The minimum absolute atomic E-state index is 0.00434. The molecule has 2 N–H and O–H groups in total. The molecule has 1 heterocycles. The van der Waals surface area contributed by atoms with Crippen molar-refractivity contribution < 1.29 is 18.8 Å². The van der Waals surface area contributed by atoms with Crippen molar-refractivity contribution >= 4 is 46.4 Å². The minimum atomic E-state index is -1.11. The first-order chi connectivity index (χ1) is 16.0. The number of para-hydroxylation sites is 2. The molecule has 0 bridgehead atoms. The normalized spacial score (nSPS) is 15.5. The number of carbonyl (C=O) groups excluding carboxylic acids is 3. The number of nitrogens with one attached hydrogen (secondary N) is 2. The Hall–Kier alpha value is -4.11. The van der Waals surface area contributed by atoms with Gasteiger partial charge in [0.05, 0.1) is 17.8 Å². The van der Waals surface area contributed by atoms with Gasteiger partial charge in [0.2, 0.25) is 11.0 Å². The summed E-state index contributed by atoms with van der Waals surface area (Å²) in [6, 6.07) is 21.7. The Morgan fingerprint density at radius 2 is 1.52 bits per heavy atom. The van der Waals surface area contributed by atoms with Crippen LogP contribution in [0.1, 0.15) is 16.8 Å². The van der Waals surface area contributed by atoms with Crippen LogP contribution in [0.25, 0.3) is 0 Å². The molecule has 1 aliphatic heterocycles. The quantitative estimate of drug-likeness (QED) is 0.548. The summed E-state index contributed by atoms with van der Waals surface area (Å²) in [5, 5.41) is 3.70. The molecule has 0 aliphatic carbocycles. The van der Waals surface area contributed by atoms with Crippen molar-refractivity contribution in [2.24, 2.45) is 0 Å². The van der Waals surface area contributed by atoms with E-state index in [2.05, 4.69) is 10.7 Å². The largest absolute Gasteiger partial charge is 0.324 e. The molecule has 1 fully saturated rings. The van der Waals surface area contributed by atoms with Gasteiger partial charge in [-0.1, -0.05) is 48.5 Å². The fourth-order valence-electron chi connectivity index (χ4n) is 3.42. The maximum Gasteiger partial charge on any atom is 0.269 e. The number of hydrogen-bond acceptors (Lipinski definition) is 4. The standard InChI is InChI=1S/C24H19FN4O3S/c25-18-13-7-8-14-19(18)26-21(30)15-20-23(32)28(17-11-5-2-6-12-17)24(33)29(20)27-22(31)16-9-3-1-4-10-16/h1-14,20H,15H2,(H,26,30)(H,27,31). The lowest BCUT2D eigenvalue weighted by Gasteiger charge is -2.24. The first-order valence-electron chi connectivity index (χ1n) is 10.1. The van der Waals surface area contributed by atoms with Gasteiger partial charge in [-0.25, -0.2) is 9.40 Å². The summed E-state index contributed by atoms with van der Waals surface area (Å²) in [7, 11) is 0. The summed E-state index contributed by atoms with van der Waals surface area (Å²) in [5.41, 5.74) is 3.50. The van der Waals surface area contributed by atoms with Crippen molar-refractivity contribution in [2.45, 2.75) is 12.5 Å². The highest BCUT2D eigenvalue weighted by atomic mass is 32.1. The number of carbonyl (C=O) groups is 3. The highest BCUT2D eigenvalue weighted by Crippen LogP contribution is 2.26. The summed E-state index contributed by atoms with van der Waals surface area (Å²) in [6.07, 6.45) is -0.355. The van der Waals surface area contributed by atoms with Crippen molar-refractivity contribution in [1.29, 1.82) is 0 Å². The Kier molecular flexibility index (Phi) is 6.41. The third kappa shape index (κ3) is 4.73. The number of hydrogen-bond donors (Lipinski definition) is 2. The molecule has 1 aliphatic rings. The van der Waals surface area contributed by atoms with E-state index < -0.39 is 29.6 Å². The number of nitrogens with zero attached hydrogens (tertiary/aromatic N) is 2. The van der Waals surface area contributed by atoms with Crippen LogP contribution in [0.4, 0.5) is 15.8 Å². The van der Waals surface area contributed by atoms with Crippen LogP contribution in [0, 0.1) is 5.82 Å². The van der Waals surface area contributed by atoms with Gasteiger partial charge in [-0.05, 0) is 48.6 Å². The van der Waals surface area contributed by atoms with Crippen LogP contribution in [0.2, 0.25) is 0 Å². The van der Waals surface area contributed by atoms with Crippen molar-refractivity contribution in [3.05, 3.63) is 96.3 Å². The molecule has 33 heavy (non-hydrogen) atoms. The molecule has 3 aromatic rings. The molecule has 0 aromatic heterocycles. The number of anilines is 2. The molecule has 3 amide bonds. The summed E-state index contributed by atoms with van der Waals surface area (Å²) in [5.74, 6) is -2.17. The van der Waals surface area contributed by atoms with Crippen LogP contribution in [-0.2, 0) is 9.59 Å². The summed E-state index contributed by atoms with van der Waals surface area (Å²) in [4.78, 5) is 40.0. The molecule has 0 saturated carbocycles. The molecule has 1 unspecified atom stereocenters. The topological polar surface area (TPSA) is 81.8 Å². The van der Waals surface area contributed by atoms with Crippen LogP contribution in [0.5, 0.6) is 0 Å². The molecular formula is C24H19FN4O3S. The summed E-state index contributed by atoms with van der Waals surface area (Å²) >= 11 is 5.49. The Bertz CT molecular complexity index is 1210. The third-order valence-corrected chi connectivity index (χ3v) is 5.39. The molecule has 166 valence electrons. The number of halogens is 1. The van der Waals surface area contributed by atoms with Crippen molar-refractivity contribution in [2.75, 3.05) is 10.2 Å². The molecule has 3 aromatic carbocycles. The second kappa shape index (κ2) is 9.58. The lowest BCUT2D eigenvalue weighted by Crippen LogP contribution is -2.49. The molecule has 0 radical (unpaired) electrons. The molecule has 1 saturated heterocycles. The number of hydrazine groups is 1. The maximum absolute atomic E-state index is 13.9. The van der Waals surface area contributed by atoms with Gasteiger partial charge in [0.15, 0.2) is 0 Å². The Morgan fingerprint density at radius 3 is 2.18 bits per heavy atom. The van der Waals surface area contributed by atoms with Gasteiger partial charge in [0, 0.05) is 5.56 Å². The van der Waals surface area contributed by atoms with E-state index in [1.54, 1.807) is 66.7 Å². The van der Waals surface area contributed by atoms with Gasteiger partial charge in [0.25, 0.3) is 11.8 Å². The molecular weight excluding hydrogens is 443 g/mol. The fraction of sp³-hybridized carbons (Fsp3) is 0.0833. The van der Waals surface area contributed by atoms with E-state index in [-0.39, 0.29) is 17.2 Å². The minimum Gasteiger partial charge on any atom is -0.324 e. The highest BCUT2D eigenvalue weighted by molar-refractivity contribution is 7.80. The smallest absolute Gasteiger partial charge is 0.269 e. The van der Waals surface area contributed by atoms with Crippen LogP contribution in [0.3, 0.4) is 0 Å². The third-order valence-electron chi connectivity index (χ3n) is 5.01. The lowest BCUT2D eigenvalue weighted by atomic mass is 10.1. The Balaban J connectivity index is 1.60. The zero-order chi connectivity index (χ0) is 23.4. The van der Waals surface area contributed by atoms with Crippen LogP contribution in [0.15, 0.2) is 84.9 Å². The van der Waals surface area contributed by atoms with Gasteiger partial charge < -0.3 is 5.32 Å². The van der Waals surface area contributed by atoms with E-state index in [1.807, 2.05) is 0 Å². The number of rotatable bonds is 6. The number of amides is 3. The molecule has 4 rings (SSSR count). The first kappa shape index (κ1) is 22.1. The van der Waals surface area contributed by atoms with E-state index >= 15 is 0 Å². The number of thiocarbonyl (C=S) groups is 1. The summed E-state index contributed by atoms with van der Waals surface area (Å²) < 4.78 is 13.9. The Labute approximate surface area is 194 Å². The second-order valence-electron chi connectivity index (χ2n) is 7.22. The molecule has 0 spiro atoms. The van der Waals surface area contributed by atoms with Gasteiger partial charge in [0.1, 0.15) is 11.9 Å². The SMILES string of the molecule is O=C(CC1C(=O)N(c2ccccc2)C(=S)N1NC(=O)c1ccccc1)Nc1ccccc1F. The average molecular weight is 463 g/mol. The van der Waals surface area contributed by atoms with Crippen LogP contribution < -0.4 is 15.6 Å². The fourth-order valence-corrected chi connectivity index (χ4v) is 3.79. The van der Waals surface area contributed by atoms with Crippen molar-refractivity contribution in [1.82, 2.24) is 10.4 Å². The van der Waals surface area contributed by atoms with Gasteiger partial charge in [-0.15, -0.1) is 0 Å². The zero-order valence-corrected chi connectivity index (χ0v) is 18.1. The zero-order valence-electron chi connectivity index (χ0n) is 17.3. The van der Waals surface area contributed by atoms with E-state index in [1.165, 1.54) is 28.1 Å². The van der Waals surface area contributed by atoms with Crippen molar-refractivity contribution in [3.63, 3.8) is 0 Å². The maximum atomic E-state index is 13.9. The highest BCUT2D eigenvalue weighted by Gasteiger charge is 2.45. The van der Waals surface area contributed by atoms with Crippen LogP contribution >= 0.6 is 12.2 Å². The predicted molar refractivity (Wildman–Crippen MR) is 126 cm³/mol. The van der Waals surface area contributed by atoms with Crippen LogP contribution in [-0.4, -0.2) is 33.9 Å². The van der Waals surface area contributed by atoms with E-state index in [0.717, 1.165) is 0 Å². The second-order valence-corrected chi connectivity index (χ2v) is 7.58. The van der Waals surface area contributed by atoms with Gasteiger partial charge in [-0.2, -0.15) is 0 Å². The first-order valence-corrected chi connectivity index (χ1v) is 10.5. The summed E-state index contributed by atoms with van der Waals surface area (Å²) in [6.45, 7) is 0. The molecule has 1 atom stereocenters. The molecule has 7 nitrogen and oxygen atoms in total. The van der Waals surface area contributed by atoms with E-state index in [0.29, 0.717) is 11.3 Å². The van der Waals surface area contributed by atoms with Gasteiger partial charge >= 0.3 is 0 Å². The van der Waals surface area contributed by atoms with E-state index in [9.17, 15) is 18.8 Å². The predicted octanol–water partition coefficient (Wildman–Crippen LogP) is 3.50. The molecule has 9 heteroatoms. The van der Waals surface area contributed by atoms with E-state index in [4.69, 9.17) is 12.2 Å². The average Bonchev–Trinajstić information content (AvgIpc) is 3.05. The van der Waals surface area contributed by atoms with Crippen molar-refractivity contribution in [3.8, 4) is 0 Å². The Morgan fingerprint density at radius 1 is 0.909 bits per heavy atom.